The lowest BCUT2D eigenvalue weighted by molar-refractivity contribution is -0.268. The van der Waals surface area contributed by atoms with Crippen LogP contribution in [0.3, 0.4) is 0 Å². The van der Waals surface area contributed by atoms with Crippen LogP contribution in [0.15, 0.2) is 0 Å². The molecule has 1 amide bonds. The van der Waals surface area contributed by atoms with E-state index in [1.54, 1.807) is 0 Å². The number of carbonyl (C=O) groups is 1. The lowest BCUT2D eigenvalue weighted by Crippen LogP contribution is -2.72. The number of carbonyl (C=O) groups excluding carboxylic acids is 1. The van der Waals surface area contributed by atoms with Crippen molar-refractivity contribution in [2.24, 2.45) is 17.2 Å². The summed E-state index contributed by atoms with van der Waals surface area (Å²) in [6, 6.07) is -2.19. The Morgan fingerprint density at radius 1 is 1.28 bits per heavy atom. The van der Waals surface area contributed by atoms with E-state index in [0.717, 1.165) is 6.42 Å². The van der Waals surface area contributed by atoms with Crippen molar-refractivity contribution in [3.63, 3.8) is 0 Å². The summed E-state index contributed by atoms with van der Waals surface area (Å²) in [6.45, 7) is 1.75. The van der Waals surface area contributed by atoms with Crippen LogP contribution in [0, 0.1) is 0 Å². The van der Waals surface area contributed by atoms with Crippen LogP contribution in [-0.4, -0.2) is 110 Å². The molecule has 0 spiro atoms. The second-order valence-corrected chi connectivity index (χ2v) is 7.92. The number of hydrogen-bond acceptors (Lipinski definition) is 10. The van der Waals surface area contributed by atoms with Crippen molar-refractivity contribution in [3.8, 4) is 0 Å². The fourth-order valence-corrected chi connectivity index (χ4v) is 4.12. The smallest absolute Gasteiger partial charge is 0.236 e. The van der Waals surface area contributed by atoms with E-state index >= 15 is 0 Å². The maximum absolute atomic E-state index is 12.1. The first-order chi connectivity index (χ1) is 13.7. The summed E-state index contributed by atoms with van der Waals surface area (Å²) < 4.78 is 17.4. The molecule has 0 aromatic carbocycles. The third kappa shape index (κ3) is 5.06. The fraction of sp³-hybridized carbons (Fsp3) is 0.944. The molecule has 29 heavy (non-hydrogen) atoms. The summed E-state index contributed by atoms with van der Waals surface area (Å²) >= 11 is 0. The normalized spacial score (nSPS) is 41.8. The first-order valence-electron chi connectivity index (χ1n) is 10.0. The fourth-order valence-electron chi connectivity index (χ4n) is 4.12. The van der Waals surface area contributed by atoms with Gasteiger partial charge in [-0.1, -0.05) is 0 Å². The number of aliphatic hydroxyl groups excluding tert-OH is 2. The van der Waals surface area contributed by atoms with E-state index in [0.29, 0.717) is 6.42 Å². The molecule has 0 aromatic rings. The Labute approximate surface area is 171 Å². The van der Waals surface area contributed by atoms with Gasteiger partial charge in [-0.15, -0.1) is 0 Å². The number of nitrogens with zero attached hydrogens (tertiary/aromatic N) is 1. The number of nitrogens with two attached hydrogens (primary N) is 3. The molecule has 10 atom stereocenters. The Kier molecular flexibility index (Phi) is 8.76. The first kappa shape index (κ1) is 24.4. The van der Waals surface area contributed by atoms with Crippen LogP contribution >= 0.6 is 0 Å². The summed E-state index contributed by atoms with van der Waals surface area (Å²) in [4.78, 5) is 13.4. The standard InChI is InChI=1S/C18H37N5O6/c1-8(22-2)10-6-5-9(20)18(28-10)29-16-12(21)14(25)17(27-4)13(15(16)26)23(3)11(24)7-19/h8-10,12-18,22,25-26H,5-7,19-21H2,1-4H3. The van der Waals surface area contributed by atoms with E-state index in [4.69, 9.17) is 31.4 Å². The average Bonchev–Trinajstić information content (AvgIpc) is 2.72. The molecule has 0 aromatic heterocycles. The molecular weight excluding hydrogens is 382 g/mol. The van der Waals surface area contributed by atoms with E-state index in [2.05, 4.69) is 5.32 Å². The van der Waals surface area contributed by atoms with Crippen LogP contribution in [0.1, 0.15) is 19.8 Å². The maximum Gasteiger partial charge on any atom is 0.236 e. The molecule has 0 bridgehead atoms. The van der Waals surface area contributed by atoms with Gasteiger partial charge in [-0.2, -0.15) is 0 Å². The van der Waals surface area contributed by atoms with Gasteiger partial charge in [0, 0.05) is 20.2 Å². The SMILES string of the molecule is CNC(C)C1CCC(N)C(OC2C(N)C(O)C(OC)C(N(C)C(=O)CN)C2O)O1. The second kappa shape index (κ2) is 10.4. The monoisotopic (exact) mass is 419 g/mol. The largest absolute Gasteiger partial charge is 0.389 e. The number of methoxy groups -OCH3 is 1. The Morgan fingerprint density at radius 3 is 2.48 bits per heavy atom. The topological polar surface area (TPSA) is 179 Å². The van der Waals surface area contributed by atoms with Gasteiger partial charge in [0.05, 0.1) is 36.9 Å². The van der Waals surface area contributed by atoms with Gasteiger partial charge in [0.25, 0.3) is 0 Å². The van der Waals surface area contributed by atoms with Crippen LogP contribution < -0.4 is 22.5 Å². The van der Waals surface area contributed by atoms with E-state index in [1.165, 1.54) is 19.1 Å². The highest BCUT2D eigenvalue weighted by atomic mass is 16.7. The number of amides is 1. The predicted molar refractivity (Wildman–Crippen MR) is 106 cm³/mol. The Hall–Kier alpha value is -0.890. The molecule has 2 rings (SSSR count). The number of nitrogens with one attached hydrogen (secondary N) is 1. The summed E-state index contributed by atoms with van der Waals surface area (Å²) in [6.07, 6.45) is -3.82. The number of rotatable bonds is 7. The maximum atomic E-state index is 12.1. The summed E-state index contributed by atoms with van der Waals surface area (Å²) in [5.41, 5.74) is 17.8. The first-order valence-corrected chi connectivity index (χ1v) is 10.0. The summed E-state index contributed by atoms with van der Waals surface area (Å²) in [7, 11) is 4.71. The van der Waals surface area contributed by atoms with Crippen LogP contribution in [0.5, 0.6) is 0 Å². The van der Waals surface area contributed by atoms with Crippen molar-refractivity contribution in [3.05, 3.63) is 0 Å². The minimum absolute atomic E-state index is 0.0862. The molecule has 170 valence electrons. The van der Waals surface area contributed by atoms with Crippen molar-refractivity contribution in [1.82, 2.24) is 10.2 Å². The minimum Gasteiger partial charge on any atom is -0.389 e. The molecule has 9 N–H and O–H groups in total. The summed E-state index contributed by atoms with van der Waals surface area (Å²) in [5.74, 6) is -0.411. The van der Waals surface area contributed by atoms with Gasteiger partial charge in [0.2, 0.25) is 5.91 Å². The van der Waals surface area contributed by atoms with Crippen LogP contribution in [0.4, 0.5) is 0 Å². The van der Waals surface area contributed by atoms with Crippen LogP contribution in [0.2, 0.25) is 0 Å². The molecule has 1 saturated carbocycles. The molecule has 10 unspecified atom stereocenters. The predicted octanol–water partition coefficient (Wildman–Crippen LogP) is -3.32. The van der Waals surface area contributed by atoms with Crippen LogP contribution in [-0.2, 0) is 19.0 Å². The van der Waals surface area contributed by atoms with Crippen molar-refractivity contribution >= 4 is 5.91 Å². The number of aliphatic hydroxyl groups is 2. The van der Waals surface area contributed by atoms with Gasteiger partial charge in [-0.25, -0.2) is 0 Å². The highest BCUT2D eigenvalue weighted by Gasteiger charge is 2.53. The molecule has 1 saturated heterocycles. The van der Waals surface area contributed by atoms with Crippen molar-refractivity contribution in [2.45, 2.75) is 80.7 Å². The Bertz CT molecular complexity index is 543. The van der Waals surface area contributed by atoms with E-state index < -0.39 is 54.7 Å². The number of likely N-dealkylation sites (N-methyl/N-ethyl adjacent to an activating group) is 2. The molecular formula is C18H37N5O6. The van der Waals surface area contributed by atoms with Gasteiger partial charge in [-0.3, -0.25) is 4.79 Å². The van der Waals surface area contributed by atoms with Crippen molar-refractivity contribution in [1.29, 1.82) is 0 Å². The average molecular weight is 420 g/mol. The molecule has 1 aliphatic carbocycles. The highest BCUT2D eigenvalue weighted by Crippen LogP contribution is 2.31. The summed E-state index contributed by atoms with van der Waals surface area (Å²) in [5, 5.41) is 24.9. The molecule has 2 fully saturated rings. The van der Waals surface area contributed by atoms with Gasteiger partial charge in [-0.05, 0) is 26.8 Å². The van der Waals surface area contributed by atoms with E-state index in [1.807, 2.05) is 14.0 Å². The lowest BCUT2D eigenvalue weighted by atomic mass is 9.80. The van der Waals surface area contributed by atoms with Gasteiger partial charge >= 0.3 is 0 Å². The molecule has 1 heterocycles. The minimum atomic E-state index is -1.24. The van der Waals surface area contributed by atoms with Gasteiger partial charge < -0.3 is 51.8 Å². The third-order valence-corrected chi connectivity index (χ3v) is 6.17. The van der Waals surface area contributed by atoms with Crippen LogP contribution in [0.25, 0.3) is 0 Å². The highest BCUT2D eigenvalue weighted by molar-refractivity contribution is 5.78. The zero-order chi connectivity index (χ0) is 21.9. The molecule has 2 aliphatic rings. The Balaban J connectivity index is 2.22. The third-order valence-electron chi connectivity index (χ3n) is 6.17. The molecule has 11 heteroatoms. The lowest BCUT2D eigenvalue weighted by Gasteiger charge is -2.50. The van der Waals surface area contributed by atoms with Gasteiger partial charge in [0.1, 0.15) is 18.3 Å². The number of ether oxygens (including phenoxy) is 3. The quantitative estimate of drug-likeness (QED) is 0.244. The number of hydrogen-bond donors (Lipinski definition) is 6. The molecule has 1 aliphatic heterocycles. The Morgan fingerprint density at radius 2 is 1.93 bits per heavy atom. The molecule has 0 radical (unpaired) electrons. The van der Waals surface area contributed by atoms with Gasteiger partial charge in [0.15, 0.2) is 6.29 Å². The van der Waals surface area contributed by atoms with E-state index in [9.17, 15) is 15.0 Å². The second-order valence-electron chi connectivity index (χ2n) is 7.92. The van der Waals surface area contributed by atoms with Crippen molar-refractivity contribution in [2.75, 3.05) is 27.7 Å². The zero-order valence-electron chi connectivity index (χ0n) is 17.6. The molecule has 11 nitrogen and oxygen atoms in total. The van der Waals surface area contributed by atoms with E-state index in [-0.39, 0.29) is 18.7 Å². The van der Waals surface area contributed by atoms with Crippen molar-refractivity contribution < 1.29 is 29.2 Å². The zero-order valence-corrected chi connectivity index (χ0v) is 17.6.